The second-order valence-electron chi connectivity index (χ2n) is 3.77. The van der Waals surface area contributed by atoms with Crippen molar-refractivity contribution in [2.24, 2.45) is 0 Å². The minimum Gasteiger partial charge on any atom is -0.508 e. The quantitative estimate of drug-likeness (QED) is 0.906. The molecule has 0 aromatic heterocycles. The molecule has 0 saturated heterocycles. The lowest BCUT2D eigenvalue weighted by Gasteiger charge is -2.10. The van der Waals surface area contributed by atoms with Crippen LogP contribution in [0.3, 0.4) is 0 Å². The number of halogens is 1. The zero-order valence-electron chi connectivity index (χ0n) is 10.1. The Bertz CT molecular complexity index is 547. The summed E-state index contributed by atoms with van der Waals surface area (Å²) in [5.41, 5.74) is 1.32. The van der Waals surface area contributed by atoms with Gasteiger partial charge in [0.15, 0.2) is 11.5 Å². The van der Waals surface area contributed by atoms with Crippen molar-refractivity contribution < 1.29 is 19.0 Å². The Kier molecular flexibility index (Phi) is 3.37. The third kappa shape index (κ3) is 2.37. The maximum atomic E-state index is 13.2. The van der Waals surface area contributed by atoms with E-state index in [2.05, 4.69) is 0 Å². The molecule has 2 aromatic carbocycles. The number of benzene rings is 2. The van der Waals surface area contributed by atoms with E-state index >= 15 is 0 Å². The lowest BCUT2D eigenvalue weighted by molar-refractivity contribution is 0.355. The minimum atomic E-state index is -0.486. The number of aromatic hydroxyl groups is 1. The molecule has 0 unspecified atom stereocenters. The van der Waals surface area contributed by atoms with E-state index in [4.69, 9.17) is 9.47 Å². The third-order valence-corrected chi connectivity index (χ3v) is 2.60. The standard InChI is InChI=1S/C14H13FO3/c1-17-13-4-3-9(7-14(13)18-2)10-5-11(15)8-12(16)6-10/h3-8,16H,1-2H3. The number of phenolic OH excluding ortho intramolecular Hbond substituents is 1. The van der Waals surface area contributed by atoms with Crippen LogP contribution in [0.15, 0.2) is 36.4 Å². The van der Waals surface area contributed by atoms with Crippen molar-refractivity contribution in [1.29, 1.82) is 0 Å². The Morgan fingerprint density at radius 1 is 0.889 bits per heavy atom. The summed E-state index contributed by atoms with van der Waals surface area (Å²) in [6.45, 7) is 0. The van der Waals surface area contributed by atoms with Crippen molar-refractivity contribution in [3.63, 3.8) is 0 Å². The van der Waals surface area contributed by atoms with E-state index in [1.54, 1.807) is 25.3 Å². The van der Waals surface area contributed by atoms with Crippen LogP contribution >= 0.6 is 0 Å². The van der Waals surface area contributed by atoms with Gasteiger partial charge in [0.05, 0.1) is 14.2 Å². The molecule has 0 atom stereocenters. The van der Waals surface area contributed by atoms with Crippen LogP contribution in [-0.2, 0) is 0 Å². The molecule has 0 bridgehead atoms. The monoisotopic (exact) mass is 248 g/mol. The SMILES string of the molecule is COc1ccc(-c2cc(O)cc(F)c2)cc1OC. The fourth-order valence-electron chi connectivity index (χ4n) is 1.76. The van der Waals surface area contributed by atoms with E-state index in [1.165, 1.54) is 19.2 Å². The molecule has 0 aliphatic rings. The van der Waals surface area contributed by atoms with Crippen LogP contribution in [0.5, 0.6) is 17.2 Å². The summed E-state index contributed by atoms with van der Waals surface area (Å²) in [6.07, 6.45) is 0. The molecule has 0 amide bonds. The van der Waals surface area contributed by atoms with Crippen LogP contribution in [0.1, 0.15) is 0 Å². The van der Waals surface area contributed by atoms with Crippen molar-refractivity contribution in [2.75, 3.05) is 14.2 Å². The molecule has 3 nitrogen and oxygen atoms in total. The molecule has 94 valence electrons. The zero-order valence-corrected chi connectivity index (χ0v) is 10.1. The summed E-state index contributed by atoms with van der Waals surface area (Å²) in [6, 6.07) is 9.13. The molecule has 0 saturated carbocycles. The summed E-state index contributed by atoms with van der Waals surface area (Å²) < 4.78 is 23.5. The van der Waals surface area contributed by atoms with Crippen LogP contribution in [0, 0.1) is 5.82 Å². The first-order chi connectivity index (χ1) is 8.63. The summed E-state index contributed by atoms with van der Waals surface area (Å²) in [5, 5.41) is 9.39. The van der Waals surface area contributed by atoms with Gasteiger partial charge in [0, 0.05) is 6.07 Å². The van der Waals surface area contributed by atoms with Crippen molar-refractivity contribution >= 4 is 0 Å². The van der Waals surface area contributed by atoms with Gasteiger partial charge in [-0.15, -0.1) is 0 Å². The average molecular weight is 248 g/mol. The van der Waals surface area contributed by atoms with Gasteiger partial charge in [0.1, 0.15) is 11.6 Å². The van der Waals surface area contributed by atoms with Gasteiger partial charge >= 0.3 is 0 Å². The predicted octanol–water partition coefficient (Wildman–Crippen LogP) is 3.22. The van der Waals surface area contributed by atoms with Gasteiger partial charge in [0.2, 0.25) is 0 Å². The maximum absolute atomic E-state index is 13.2. The Labute approximate surface area is 104 Å². The van der Waals surface area contributed by atoms with Crippen molar-refractivity contribution in [3.05, 3.63) is 42.2 Å². The van der Waals surface area contributed by atoms with Crippen LogP contribution in [0.2, 0.25) is 0 Å². The number of phenols is 1. The number of rotatable bonds is 3. The fourth-order valence-corrected chi connectivity index (χ4v) is 1.76. The molecule has 2 rings (SSSR count). The Balaban J connectivity index is 2.50. The van der Waals surface area contributed by atoms with E-state index < -0.39 is 5.82 Å². The molecule has 18 heavy (non-hydrogen) atoms. The number of ether oxygens (including phenoxy) is 2. The van der Waals surface area contributed by atoms with Crippen molar-refractivity contribution in [2.45, 2.75) is 0 Å². The zero-order chi connectivity index (χ0) is 13.1. The first-order valence-corrected chi connectivity index (χ1v) is 5.36. The normalized spacial score (nSPS) is 10.2. The Morgan fingerprint density at radius 3 is 2.22 bits per heavy atom. The van der Waals surface area contributed by atoms with E-state index in [0.29, 0.717) is 17.1 Å². The highest BCUT2D eigenvalue weighted by atomic mass is 19.1. The minimum absolute atomic E-state index is 0.111. The predicted molar refractivity (Wildman–Crippen MR) is 66.6 cm³/mol. The number of hydrogen-bond acceptors (Lipinski definition) is 3. The van der Waals surface area contributed by atoms with Gasteiger partial charge in [-0.05, 0) is 35.4 Å². The fraction of sp³-hybridized carbons (Fsp3) is 0.143. The van der Waals surface area contributed by atoms with Crippen molar-refractivity contribution in [3.8, 4) is 28.4 Å². The van der Waals surface area contributed by atoms with E-state index in [1.807, 2.05) is 0 Å². The van der Waals surface area contributed by atoms with E-state index in [-0.39, 0.29) is 5.75 Å². The van der Waals surface area contributed by atoms with Crippen LogP contribution in [0.25, 0.3) is 11.1 Å². The maximum Gasteiger partial charge on any atom is 0.161 e. The second kappa shape index (κ2) is 4.96. The number of methoxy groups -OCH3 is 2. The van der Waals surface area contributed by atoms with E-state index in [0.717, 1.165) is 11.6 Å². The lowest BCUT2D eigenvalue weighted by Crippen LogP contribution is -1.91. The first-order valence-electron chi connectivity index (χ1n) is 5.36. The van der Waals surface area contributed by atoms with Crippen LogP contribution < -0.4 is 9.47 Å². The van der Waals surface area contributed by atoms with Crippen molar-refractivity contribution in [1.82, 2.24) is 0 Å². The summed E-state index contributed by atoms with van der Waals surface area (Å²) >= 11 is 0. The summed E-state index contributed by atoms with van der Waals surface area (Å²) in [5.74, 6) is 0.556. The topological polar surface area (TPSA) is 38.7 Å². The smallest absolute Gasteiger partial charge is 0.161 e. The summed E-state index contributed by atoms with van der Waals surface area (Å²) in [7, 11) is 3.08. The van der Waals surface area contributed by atoms with Crippen LogP contribution in [0.4, 0.5) is 4.39 Å². The summed E-state index contributed by atoms with van der Waals surface area (Å²) in [4.78, 5) is 0. The molecule has 0 aliphatic heterocycles. The highest BCUT2D eigenvalue weighted by Gasteiger charge is 2.08. The molecule has 0 spiro atoms. The molecule has 4 heteroatoms. The molecule has 0 radical (unpaired) electrons. The highest BCUT2D eigenvalue weighted by molar-refractivity contribution is 5.68. The van der Waals surface area contributed by atoms with Gasteiger partial charge < -0.3 is 14.6 Å². The van der Waals surface area contributed by atoms with Gasteiger partial charge in [0.25, 0.3) is 0 Å². The Morgan fingerprint density at radius 2 is 1.61 bits per heavy atom. The molecule has 0 heterocycles. The molecule has 1 N–H and O–H groups in total. The molecule has 2 aromatic rings. The molecule has 0 fully saturated rings. The lowest BCUT2D eigenvalue weighted by atomic mass is 10.0. The van der Waals surface area contributed by atoms with Crippen LogP contribution in [-0.4, -0.2) is 19.3 Å². The Hall–Kier alpha value is -2.23. The third-order valence-electron chi connectivity index (χ3n) is 2.60. The van der Waals surface area contributed by atoms with Gasteiger partial charge in [-0.25, -0.2) is 4.39 Å². The first kappa shape index (κ1) is 12.2. The highest BCUT2D eigenvalue weighted by Crippen LogP contribution is 2.33. The second-order valence-corrected chi connectivity index (χ2v) is 3.77. The molecular formula is C14H13FO3. The van der Waals surface area contributed by atoms with Gasteiger partial charge in [-0.3, -0.25) is 0 Å². The molecule has 0 aliphatic carbocycles. The number of hydrogen-bond donors (Lipinski definition) is 1. The van der Waals surface area contributed by atoms with Gasteiger partial charge in [-0.1, -0.05) is 6.07 Å². The molecular weight excluding hydrogens is 235 g/mol. The van der Waals surface area contributed by atoms with Gasteiger partial charge in [-0.2, -0.15) is 0 Å². The average Bonchev–Trinajstić information content (AvgIpc) is 2.36. The van der Waals surface area contributed by atoms with E-state index in [9.17, 15) is 9.50 Å². The largest absolute Gasteiger partial charge is 0.508 e.